The summed E-state index contributed by atoms with van der Waals surface area (Å²) in [5.74, 6) is -1.39. The molecule has 162 valence electrons. The van der Waals surface area contributed by atoms with Crippen molar-refractivity contribution in [3.05, 3.63) is 70.7 Å². The Morgan fingerprint density at radius 2 is 1.84 bits per heavy atom. The van der Waals surface area contributed by atoms with Gasteiger partial charge in [-0.3, -0.25) is 9.78 Å². The van der Waals surface area contributed by atoms with Crippen LogP contribution in [0.2, 0.25) is 0 Å². The van der Waals surface area contributed by atoms with E-state index < -0.39 is 23.8 Å². The maximum absolute atomic E-state index is 13.6. The zero-order chi connectivity index (χ0) is 22.8. The molecule has 0 fully saturated rings. The fraction of sp³-hybridized carbons (Fsp3) is 0.143. The van der Waals surface area contributed by atoms with Crippen LogP contribution >= 0.6 is 15.9 Å². The van der Waals surface area contributed by atoms with Crippen molar-refractivity contribution >= 4 is 27.5 Å². The highest BCUT2D eigenvalue weighted by molar-refractivity contribution is 9.10. The number of hydrogen-bond donors (Lipinski definition) is 0. The van der Waals surface area contributed by atoms with Crippen LogP contribution in [0.15, 0.2) is 59.3 Å². The molecule has 0 radical (unpaired) electrons. The van der Waals surface area contributed by atoms with Gasteiger partial charge < -0.3 is 14.4 Å². The predicted molar refractivity (Wildman–Crippen MR) is 110 cm³/mol. The Labute approximate surface area is 183 Å². The summed E-state index contributed by atoms with van der Waals surface area (Å²) in [5.41, 5.74) is 1.33. The molecule has 1 amide bonds. The third kappa shape index (κ3) is 5.32. The molecule has 1 heterocycles. The Balaban J connectivity index is 2.02. The maximum atomic E-state index is 13.6. The summed E-state index contributed by atoms with van der Waals surface area (Å²) in [6.45, 7) is 0. The second kappa shape index (κ2) is 8.93. The molecule has 0 saturated heterocycles. The SMILES string of the molecule is COc1cc(F)ccc1-c1ccncc1N(C)C(=O)c1cc(Br)cc(OC(F)(F)F)c1. The van der Waals surface area contributed by atoms with E-state index in [1.807, 2.05) is 0 Å². The standard InChI is InChI=1S/C21H15BrF4N2O3/c1-28(20(29)12-7-13(22)9-15(8-12)31-21(24,25)26)18-11-27-6-5-16(18)17-4-3-14(23)10-19(17)30-2/h3-11H,1-2H3. The molecule has 5 nitrogen and oxygen atoms in total. The number of carbonyl (C=O) groups excluding carboxylic acids is 1. The van der Waals surface area contributed by atoms with Gasteiger partial charge >= 0.3 is 6.36 Å². The molecule has 0 saturated carbocycles. The quantitative estimate of drug-likeness (QED) is 0.415. The van der Waals surface area contributed by atoms with Gasteiger partial charge in [0.15, 0.2) is 0 Å². The number of rotatable bonds is 5. The minimum absolute atomic E-state index is 0.0444. The van der Waals surface area contributed by atoms with E-state index in [0.29, 0.717) is 16.8 Å². The highest BCUT2D eigenvalue weighted by Crippen LogP contribution is 2.37. The zero-order valence-electron chi connectivity index (χ0n) is 16.2. The predicted octanol–water partition coefficient (Wildman–Crippen LogP) is 5.83. The van der Waals surface area contributed by atoms with Gasteiger partial charge in [0.25, 0.3) is 5.91 Å². The minimum Gasteiger partial charge on any atom is -0.496 e. The van der Waals surface area contributed by atoms with Gasteiger partial charge in [0.1, 0.15) is 17.3 Å². The van der Waals surface area contributed by atoms with Crippen molar-refractivity contribution < 1.29 is 31.8 Å². The van der Waals surface area contributed by atoms with E-state index >= 15 is 0 Å². The van der Waals surface area contributed by atoms with Gasteiger partial charge in [-0.2, -0.15) is 0 Å². The van der Waals surface area contributed by atoms with E-state index in [9.17, 15) is 22.4 Å². The molecule has 1 aromatic heterocycles. The largest absolute Gasteiger partial charge is 0.573 e. The number of aromatic nitrogens is 1. The number of methoxy groups -OCH3 is 1. The highest BCUT2D eigenvalue weighted by atomic mass is 79.9. The second-order valence-corrected chi connectivity index (χ2v) is 7.24. The van der Waals surface area contributed by atoms with Gasteiger partial charge in [-0.1, -0.05) is 15.9 Å². The van der Waals surface area contributed by atoms with Crippen LogP contribution in [-0.4, -0.2) is 31.4 Å². The zero-order valence-corrected chi connectivity index (χ0v) is 17.8. The third-order valence-electron chi connectivity index (χ3n) is 4.27. The monoisotopic (exact) mass is 498 g/mol. The lowest BCUT2D eigenvalue weighted by Crippen LogP contribution is -2.27. The first-order valence-electron chi connectivity index (χ1n) is 8.71. The van der Waals surface area contributed by atoms with Crippen molar-refractivity contribution in [2.45, 2.75) is 6.36 Å². The number of amides is 1. The molecule has 31 heavy (non-hydrogen) atoms. The Morgan fingerprint density at radius 3 is 2.52 bits per heavy atom. The summed E-state index contributed by atoms with van der Waals surface area (Å²) in [7, 11) is 2.84. The lowest BCUT2D eigenvalue weighted by atomic mass is 10.0. The van der Waals surface area contributed by atoms with Crippen molar-refractivity contribution in [2.75, 3.05) is 19.1 Å². The van der Waals surface area contributed by atoms with Crippen LogP contribution in [0.5, 0.6) is 11.5 Å². The molecule has 0 aliphatic heterocycles. The summed E-state index contributed by atoms with van der Waals surface area (Å²) in [6.07, 6.45) is -1.99. The Hall–Kier alpha value is -3.14. The molecule has 0 bridgehead atoms. The minimum atomic E-state index is -4.90. The van der Waals surface area contributed by atoms with Crippen LogP contribution in [-0.2, 0) is 0 Å². The van der Waals surface area contributed by atoms with Gasteiger partial charge in [-0.15, -0.1) is 13.2 Å². The number of nitrogens with zero attached hydrogens (tertiary/aromatic N) is 2. The molecular weight excluding hydrogens is 484 g/mol. The van der Waals surface area contributed by atoms with Gasteiger partial charge in [0.05, 0.1) is 19.0 Å². The first-order valence-corrected chi connectivity index (χ1v) is 9.50. The van der Waals surface area contributed by atoms with E-state index in [4.69, 9.17) is 4.74 Å². The number of anilines is 1. The average Bonchev–Trinajstić information content (AvgIpc) is 2.71. The van der Waals surface area contributed by atoms with Crippen LogP contribution in [0.1, 0.15) is 10.4 Å². The third-order valence-corrected chi connectivity index (χ3v) is 4.73. The van der Waals surface area contributed by atoms with Crippen LogP contribution in [0.4, 0.5) is 23.2 Å². The first kappa shape index (κ1) is 22.5. The van der Waals surface area contributed by atoms with Crippen LogP contribution < -0.4 is 14.4 Å². The second-order valence-electron chi connectivity index (χ2n) is 6.33. The highest BCUT2D eigenvalue weighted by Gasteiger charge is 2.31. The van der Waals surface area contributed by atoms with Crippen LogP contribution in [0.3, 0.4) is 0 Å². The van der Waals surface area contributed by atoms with Crippen LogP contribution in [0.25, 0.3) is 11.1 Å². The van der Waals surface area contributed by atoms with Crippen LogP contribution in [0, 0.1) is 5.82 Å². The van der Waals surface area contributed by atoms with E-state index in [-0.39, 0.29) is 15.8 Å². The molecule has 0 aliphatic rings. The summed E-state index contributed by atoms with van der Waals surface area (Å²) in [4.78, 5) is 18.3. The van der Waals surface area contributed by atoms with Crippen molar-refractivity contribution in [1.29, 1.82) is 0 Å². The molecule has 2 aromatic carbocycles. The smallest absolute Gasteiger partial charge is 0.496 e. The fourth-order valence-corrected chi connectivity index (χ4v) is 3.42. The molecule has 3 aromatic rings. The number of halogens is 5. The number of pyridine rings is 1. The Kier molecular flexibility index (Phi) is 6.49. The lowest BCUT2D eigenvalue weighted by molar-refractivity contribution is -0.274. The number of carbonyl (C=O) groups is 1. The molecule has 0 aliphatic carbocycles. The average molecular weight is 499 g/mol. The van der Waals surface area contributed by atoms with E-state index in [2.05, 4.69) is 25.7 Å². The number of alkyl halides is 3. The molecule has 0 N–H and O–H groups in total. The fourth-order valence-electron chi connectivity index (χ4n) is 2.95. The Morgan fingerprint density at radius 1 is 1.10 bits per heavy atom. The summed E-state index contributed by atoms with van der Waals surface area (Å²) in [6, 6.07) is 9.04. The van der Waals surface area contributed by atoms with Crippen molar-refractivity contribution in [3.63, 3.8) is 0 Å². The van der Waals surface area contributed by atoms with Gasteiger partial charge in [0.2, 0.25) is 0 Å². The summed E-state index contributed by atoms with van der Waals surface area (Å²) in [5, 5.41) is 0. The molecule has 10 heteroatoms. The molecule has 0 spiro atoms. The topological polar surface area (TPSA) is 51.7 Å². The number of hydrogen-bond acceptors (Lipinski definition) is 4. The van der Waals surface area contributed by atoms with Crippen molar-refractivity contribution in [3.8, 4) is 22.6 Å². The molecule has 0 unspecified atom stereocenters. The molecular formula is C21H15BrF4N2O3. The van der Waals surface area contributed by atoms with Crippen molar-refractivity contribution in [1.82, 2.24) is 4.98 Å². The van der Waals surface area contributed by atoms with Crippen molar-refractivity contribution in [2.24, 2.45) is 0 Å². The first-order chi connectivity index (χ1) is 14.6. The van der Waals surface area contributed by atoms with E-state index in [0.717, 1.165) is 12.1 Å². The lowest BCUT2D eigenvalue weighted by Gasteiger charge is -2.22. The molecule has 0 atom stereocenters. The number of ether oxygens (including phenoxy) is 2. The van der Waals surface area contributed by atoms with Gasteiger partial charge in [-0.05, 0) is 36.4 Å². The normalized spacial score (nSPS) is 11.2. The molecule has 3 rings (SSSR count). The Bertz CT molecular complexity index is 1120. The summed E-state index contributed by atoms with van der Waals surface area (Å²) < 4.78 is 60.8. The van der Waals surface area contributed by atoms with E-state index in [1.54, 1.807) is 6.07 Å². The summed E-state index contributed by atoms with van der Waals surface area (Å²) >= 11 is 3.09. The number of benzene rings is 2. The maximum Gasteiger partial charge on any atom is 0.573 e. The van der Waals surface area contributed by atoms with Gasteiger partial charge in [-0.25, -0.2) is 4.39 Å². The van der Waals surface area contributed by atoms with Gasteiger partial charge in [0, 0.05) is 40.5 Å². The van der Waals surface area contributed by atoms with E-state index in [1.165, 1.54) is 55.7 Å².